The third-order valence-corrected chi connectivity index (χ3v) is 6.30. The zero-order chi connectivity index (χ0) is 25.7. The van der Waals surface area contributed by atoms with Gasteiger partial charge in [-0.1, -0.05) is 24.3 Å². The molecule has 0 bridgehead atoms. The number of anilines is 2. The first-order chi connectivity index (χ1) is 17.4. The lowest BCUT2D eigenvalue weighted by Crippen LogP contribution is -2.48. The van der Waals surface area contributed by atoms with Gasteiger partial charge in [-0.05, 0) is 72.7 Å². The highest BCUT2D eigenvalue weighted by molar-refractivity contribution is 7.80. The SMILES string of the molecule is COc1ccc(CCN(C(=S)Nc2ccc(F)cc2)[C@H]2CC(=O)N(c3ccccc3)C2=O)cc1OC. The molecule has 1 atom stereocenters. The summed E-state index contributed by atoms with van der Waals surface area (Å²) >= 11 is 5.67. The number of hydrogen-bond acceptors (Lipinski definition) is 5. The van der Waals surface area contributed by atoms with Crippen LogP contribution in [0.15, 0.2) is 72.8 Å². The van der Waals surface area contributed by atoms with E-state index in [-0.39, 0.29) is 29.2 Å². The van der Waals surface area contributed by atoms with Gasteiger partial charge in [-0.2, -0.15) is 0 Å². The number of methoxy groups -OCH3 is 2. The standard InChI is InChI=1S/C27H26FN3O4S/c1-34-23-13-8-18(16-24(23)35-2)14-15-30(27(36)29-20-11-9-19(28)10-12-20)22-17-25(32)31(26(22)33)21-6-4-3-5-7-21/h3-13,16,22H,14-15,17H2,1-2H3,(H,29,36)/t22-/m0/s1. The molecule has 0 radical (unpaired) electrons. The number of carbonyl (C=O) groups excluding carboxylic acids is 2. The predicted octanol–water partition coefficient (Wildman–Crippen LogP) is 4.42. The number of ether oxygens (including phenoxy) is 2. The summed E-state index contributed by atoms with van der Waals surface area (Å²) in [5.74, 6) is 0.197. The molecule has 0 aromatic heterocycles. The van der Waals surface area contributed by atoms with Gasteiger partial charge in [0, 0.05) is 12.2 Å². The minimum atomic E-state index is -0.779. The number of para-hydroxylation sites is 1. The summed E-state index contributed by atoms with van der Waals surface area (Å²) in [5, 5.41) is 3.34. The Morgan fingerprint density at radius 2 is 1.72 bits per heavy atom. The number of imide groups is 1. The van der Waals surface area contributed by atoms with Crippen LogP contribution in [0.25, 0.3) is 0 Å². The van der Waals surface area contributed by atoms with Crippen LogP contribution in [0.5, 0.6) is 11.5 Å². The molecule has 0 aliphatic carbocycles. The maximum Gasteiger partial charge on any atom is 0.257 e. The normalized spacial score (nSPS) is 15.1. The second-order valence-corrected chi connectivity index (χ2v) is 8.58. The quantitative estimate of drug-likeness (QED) is 0.358. The molecular formula is C27H26FN3O4S. The molecule has 0 unspecified atom stereocenters. The Labute approximate surface area is 214 Å². The van der Waals surface area contributed by atoms with Crippen LogP contribution in [0, 0.1) is 5.82 Å². The molecule has 1 heterocycles. The van der Waals surface area contributed by atoms with Crippen molar-refractivity contribution in [3.05, 3.63) is 84.2 Å². The Hall–Kier alpha value is -3.98. The number of carbonyl (C=O) groups is 2. The van der Waals surface area contributed by atoms with Crippen molar-refractivity contribution in [2.75, 3.05) is 31.0 Å². The molecule has 3 aromatic carbocycles. The van der Waals surface area contributed by atoms with Crippen molar-refractivity contribution in [2.45, 2.75) is 18.9 Å². The third-order valence-electron chi connectivity index (χ3n) is 5.96. The fourth-order valence-corrected chi connectivity index (χ4v) is 4.46. The van der Waals surface area contributed by atoms with Gasteiger partial charge < -0.3 is 19.7 Å². The van der Waals surface area contributed by atoms with Gasteiger partial charge in [0.1, 0.15) is 11.9 Å². The molecule has 1 aliphatic rings. The summed E-state index contributed by atoms with van der Waals surface area (Å²) < 4.78 is 24.1. The molecule has 186 valence electrons. The van der Waals surface area contributed by atoms with Gasteiger partial charge in [-0.25, -0.2) is 9.29 Å². The predicted molar refractivity (Wildman–Crippen MR) is 140 cm³/mol. The van der Waals surface area contributed by atoms with Gasteiger partial charge in [0.15, 0.2) is 16.6 Å². The van der Waals surface area contributed by atoms with Crippen molar-refractivity contribution in [3.8, 4) is 11.5 Å². The van der Waals surface area contributed by atoms with Crippen LogP contribution in [0.1, 0.15) is 12.0 Å². The van der Waals surface area contributed by atoms with Gasteiger partial charge in [0.2, 0.25) is 5.91 Å². The zero-order valence-electron chi connectivity index (χ0n) is 19.9. The molecule has 1 saturated heterocycles. The van der Waals surface area contributed by atoms with Crippen molar-refractivity contribution in [1.29, 1.82) is 0 Å². The maximum atomic E-state index is 13.4. The molecule has 0 saturated carbocycles. The first-order valence-electron chi connectivity index (χ1n) is 11.4. The van der Waals surface area contributed by atoms with Crippen LogP contribution in [-0.2, 0) is 16.0 Å². The topological polar surface area (TPSA) is 71.1 Å². The van der Waals surface area contributed by atoms with Gasteiger partial charge >= 0.3 is 0 Å². The van der Waals surface area contributed by atoms with Crippen LogP contribution in [0.4, 0.5) is 15.8 Å². The molecule has 2 amide bonds. The van der Waals surface area contributed by atoms with E-state index in [0.29, 0.717) is 35.8 Å². The van der Waals surface area contributed by atoms with Crippen molar-refractivity contribution in [1.82, 2.24) is 4.90 Å². The molecule has 7 nitrogen and oxygen atoms in total. The molecule has 4 rings (SSSR count). The highest BCUT2D eigenvalue weighted by Crippen LogP contribution is 2.29. The molecule has 1 fully saturated rings. The van der Waals surface area contributed by atoms with Crippen molar-refractivity contribution < 1.29 is 23.5 Å². The van der Waals surface area contributed by atoms with E-state index >= 15 is 0 Å². The summed E-state index contributed by atoms with van der Waals surface area (Å²) in [5.41, 5.74) is 2.04. The Balaban J connectivity index is 1.59. The molecule has 3 aromatic rings. The first-order valence-corrected chi connectivity index (χ1v) is 11.8. The van der Waals surface area contributed by atoms with Crippen LogP contribution in [0.3, 0.4) is 0 Å². The summed E-state index contributed by atoms with van der Waals surface area (Å²) in [6, 6.07) is 19.4. The minimum Gasteiger partial charge on any atom is -0.493 e. The zero-order valence-corrected chi connectivity index (χ0v) is 20.8. The molecule has 1 N–H and O–H groups in total. The number of nitrogens with zero attached hydrogens (tertiary/aromatic N) is 2. The van der Waals surface area contributed by atoms with E-state index in [1.165, 1.54) is 17.0 Å². The number of halogens is 1. The molecule has 36 heavy (non-hydrogen) atoms. The fourth-order valence-electron chi connectivity index (χ4n) is 4.12. The molecule has 0 spiro atoms. The number of nitrogens with one attached hydrogen (secondary N) is 1. The lowest BCUT2D eigenvalue weighted by Gasteiger charge is -2.30. The highest BCUT2D eigenvalue weighted by atomic mass is 32.1. The number of benzene rings is 3. The minimum absolute atomic E-state index is 0.00903. The summed E-state index contributed by atoms with van der Waals surface area (Å²) in [7, 11) is 3.14. The van der Waals surface area contributed by atoms with E-state index < -0.39 is 6.04 Å². The van der Waals surface area contributed by atoms with Gasteiger partial charge in [-0.3, -0.25) is 9.59 Å². The number of rotatable bonds is 8. The summed E-state index contributed by atoms with van der Waals surface area (Å²) in [4.78, 5) is 29.3. The molecular weight excluding hydrogens is 481 g/mol. The fraction of sp³-hybridized carbons (Fsp3) is 0.222. The molecule has 9 heteroatoms. The lowest BCUT2D eigenvalue weighted by atomic mass is 10.1. The van der Waals surface area contributed by atoms with Crippen LogP contribution in [0.2, 0.25) is 0 Å². The van der Waals surface area contributed by atoms with E-state index in [1.807, 2.05) is 24.3 Å². The van der Waals surface area contributed by atoms with E-state index in [9.17, 15) is 14.0 Å². The Morgan fingerprint density at radius 3 is 2.39 bits per heavy atom. The van der Waals surface area contributed by atoms with Gasteiger partial charge in [0.25, 0.3) is 5.91 Å². The lowest BCUT2D eigenvalue weighted by molar-refractivity contribution is -0.122. The number of thiocarbonyl (C=S) groups is 1. The highest BCUT2D eigenvalue weighted by Gasteiger charge is 2.43. The maximum absolute atomic E-state index is 13.4. The van der Waals surface area contributed by atoms with Gasteiger partial charge in [0.05, 0.1) is 26.3 Å². The monoisotopic (exact) mass is 507 g/mol. The van der Waals surface area contributed by atoms with Crippen molar-refractivity contribution >= 4 is 40.5 Å². The third kappa shape index (κ3) is 5.46. The van der Waals surface area contributed by atoms with Crippen molar-refractivity contribution in [3.63, 3.8) is 0 Å². The second kappa shape index (κ2) is 11.2. The Bertz CT molecular complexity index is 1250. The molecule has 1 aliphatic heterocycles. The smallest absolute Gasteiger partial charge is 0.257 e. The Morgan fingerprint density at radius 1 is 1.03 bits per heavy atom. The van der Waals surface area contributed by atoms with E-state index in [2.05, 4.69) is 5.32 Å². The van der Waals surface area contributed by atoms with Crippen LogP contribution >= 0.6 is 12.2 Å². The first kappa shape index (κ1) is 25.1. The average molecular weight is 508 g/mol. The summed E-state index contributed by atoms with van der Waals surface area (Å²) in [6.07, 6.45) is 0.514. The number of amides is 2. The van der Waals surface area contributed by atoms with Crippen LogP contribution in [-0.4, -0.2) is 48.6 Å². The second-order valence-electron chi connectivity index (χ2n) is 8.19. The van der Waals surface area contributed by atoms with Crippen LogP contribution < -0.4 is 19.7 Å². The van der Waals surface area contributed by atoms with E-state index in [4.69, 9.17) is 21.7 Å². The Kier molecular flexibility index (Phi) is 7.80. The van der Waals surface area contributed by atoms with E-state index in [1.54, 1.807) is 55.5 Å². The number of hydrogen-bond donors (Lipinski definition) is 1. The summed E-state index contributed by atoms with van der Waals surface area (Å²) in [6.45, 7) is 0.356. The van der Waals surface area contributed by atoms with E-state index in [0.717, 1.165) is 5.56 Å². The average Bonchev–Trinajstić information content (AvgIpc) is 3.19. The van der Waals surface area contributed by atoms with Gasteiger partial charge in [-0.15, -0.1) is 0 Å². The van der Waals surface area contributed by atoms with Crippen molar-refractivity contribution in [2.24, 2.45) is 0 Å². The largest absolute Gasteiger partial charge is 0.493 e.